The second kappa shape index (κ2) is 8.77. The van der Waals surface area contributed by atoms with Crippen LogP contribution in [0.2, 0.25) is 0 Å². The number of thiocarbonyl (C=S) groups is 1. The zero-order valence-electron chi connectivity index (χ0n) is 17.0. The highest BCUT2D eigenvalue weighted by atomic mass is 32.1. The highest BCUT2D eigenvalue weighted by molar-refractivity contribution is 7.80. The minimum absolute atomic E-state index is 0.0736. The number of carbonyl (C=O) groups excluding carboxylic acids is 1. The monoisotopic (exact) mass is 467 g/mol. The molecule has 0 radical (unpaired) electrons. The Balaban J connectivity index is 1.49. The number of nitro groups is 1. The molecule has 2 aromatic heterocycles. The SMILES string of the molecule is CCc1nnc2sc(-c3cccc(NC(=S)NC(=O)c4cccc([N+](=O)[O-])c4C)c3)nn12. The topological polar surface area (TPSA) is 127 Å². The maximum absolute atomic E-state index is 12.6. The fraction of sp³-hybridized carbons (Fsp3) is 0.150. The average Bonchev–Trinajstić information content (AvgIpc) is 3.34. The van der Waals surface area contributed by atoms with E-state index in [2.05, 4.69) is 25.9 Å². The summed E-state index contributed by atoms with van der Waals surface area (Å²) in [5.41, 5.74) is 1.85. The molecule has 162 valence electrons. The first-order valence-electron chi connectivity index (χ1n) is 9.55. The van der Waals surface area contributed by atoms with Crippen LogP contribution in [0.1, 0.15) is 28.7 Å². The van der Waals surface area contributed by atoms with Gasteiger partial charge < -0.3 is 5.32 Å². The zero-order chi connectivity index (χ0) is 22.8. The molecule has 0 aliphatic heterocycles. The molecule has 2 aromatic carbocycles. The molecule has 0 saturated heterocycles. The largest absolute Gasteiger partial charge is 0.332 e. The lowest BCUT2D eigenvalue weighted by Crippen LogP contribution is -2.34. The molecule has 0 saturated carbocycles. The maximum atomic E-state index is 12.6. The molecule has 0 aliphatic rings. The van der Waals surface area contributed by atoms with Crippen LogP contribution in [0.4, 0.5) is 11.4 Å². The standard InChI is InChI=1S/C20H17N7O3S2/c1-3-16-23-24-20-26(16)25-18(32-20)12-6-4-7-13(10-12)21-19(31)22-17(28)14-8-5-9-15(11(14)2)27(29)30/h4-10H,3H2,1-2H3,(H2,21,22,28,31). The Hall–Kier alpha value is -3.77. The van der Waals surface area contributed by atoms with Crippen LogP contribution >= 0.6 is 23.6 Å². The first-order valence-corrected chi connectivity index (χ1v) is 10.8. The summed E-state index contributed by atoms with van der Waals surface area (Å²) in [4.78, 5) is 23.9. The fourth-order valence-electron chi connectivity index (χ4n) is 3.12. The predicted molar refractivity (Wildman–Crippen MR) is 125 cm³/mol. The maximum Gasteiger partial charge on any atom is 0.273 e. The summed E-state index contributed by atoms with van der Waals surface area (Å²) in [7, 11) is 0. The number of anilines is 1. The summed E-state index contributed by atoms with van der Waals surface area (Å²) in [6, 6.07) is 11.7. The molecule has 0 bridgehead atoms. The Morgan fingerprint density at radius 3 is 2.78 bits per heavy atom. The molecule has 12 heteroatoms. The van der Waals surface area contributed by atoms with Gasteiger partial charge in [0.25, 0.3) is 11.6 Å². The Morgan fingerprint density at radius 2 is 2.03 bits per heavy atom. The number of nitrogens with one attached hydrogen (secondary N) is 2. The van der Waals surface area contributed by atoms with Crippen molar-refractivity contribution in [3.05, 3.63) is 69.5 Å². The normalized spacial score (nSPS) is 10.8. The number of benzene rings is 2. The summed E-state index contributed by atoms with van der Waals surface area (Å²) >= 11 is 6.68. The van der Waals surface area contributed by atoms with E-state index in [1.807, 2.05) is 25.1 Å². The van der Waals surface area contributed by atoms with E-state index in [0.29, 0.717) is 10.6 Å². The number of nitro benzene ring substituents is 1. The molecule has 2 heterocycles. The number of amides is 1. The Morgan fingerprint density at radius 1 is 1.25 bits per heavy atom. The zero-order valence-corrected chi connectivity index (χ0v) is 18.7. The van der Waals surface area contributed by atoms with Crippen LogP contribution in [0.3, 0.4) is 0 Å². The molecular weight excluding hydrogens is 450 g/mol. The summed E-state index contributed by atoms with van der Waals surface area (Å²) in [6.45, 7) is 3.52. The highest BCUT2D eigenvalue weighted by Crippen LogP contribution is 2.27. The predicted octanol–water partition coefficient (Wildman–Crippen LogP) is 3.76. The van der Waals surface area contributed by atoms with Crippen molar-refractivity contribution in [1.82, 2.24) is 25.1 Å². The minimum Gasteiger partial charge on any atom is -0.332 e. The van der Waals surface area contributed by atoms with Gasteiger partial charge in [0.1, 0.15) is 5.01 Å². The lowest BCUT2D eigenvalue weighted by molar-refractivity contribution is -0.385. The molecule has 0 fully saturated rings. The number of nitrogens with zero attached hydrogens (tertiary/aromatic N) is 5. The van der Waals surface area contributed by atoms with Crippen molar-refractivity contribution < 1.29 is 9.72 Å². The van der Waals surface area contributed by atoms with E-state index >= 15 is 0 Å². The molecule has 0 atom stereocenters. The van der Waals surface area contributed by atoms with Gasteiger partial charge in [0.2, 0.25) is 4.96 Å². The van der Waals surface area contributed by atoms with E-state index in [0.717, 1.165) is 22.8 Å². The van der Waals surface area contributed by atoms with Crippen LogP contribution in [0.25, 0.3) is 15.5 Å². The van der Waals surface area contributed by atoms with Crippen LogP contribution < -0.4 is 10.6 Å². The van der Waals surface area contributed by atoms with E-state index < -0.39 is 10.8 Å². The molecule has 32 heavy (non-hydrogen) atoms. The molecule has 2 N–H and O–H groups in total. The van der Waals surface area contributed by atoms with Gasteiger partial charge in [-0.2, -0.15) is 9.61 Å². The van der Waals surface area contributed by atoms with Gasteiger partial charge in [-0.15, -0.1) is 10.2 Å². The summed E-state index contributed by atoms with van der Waals surface area (Å²) in [6.07, 6.45) is 0.726. The number of aromatic nitrogens is 4. The van der Waals surface area contributed by atoms with Crippen molar-refractivity contribution in [1.29, 1.82) is 0 Å². The number of fused-ring (bicyclic) bond motifs is 1. The van der Waals surface area contributed by atoms with Crippen LogP contribution in [0.5, 0.6) is 0 Å². The summed E-state index contributed by atoms with van der Waals surface area (Å²) in [5, 5.41) is 30.3. The lowest BCUT2D eigenvalue weighted by atomic mass is 10.1. The first kappa shape index (κ1) is 21.5. The average molecular weight is 468 g/mol. The summed E-state index contributed by atoms with van der Waals surface area (Å²) < 4.78 is 1.73. The summed E-state index contributed by atoms with van der Waals surface area (Å²) in [5.74, 6) is 0.262. The second-order valence-electron chi connectivity index (χ2n) is 6.77. The second-order valence-corrected chi connectivity index (χ2v) is 8.13. The van der Waals surface area contributed by atoms with E-state index in [1.165, 1.54) is 36.5 Å². The van der Waals surface area contributed by atoms with Crippen molar-refractivity contribution >= 4 is 50.9 Å². The smallest absolute Gasteiger partial charge is 0.273 e. The fourth-order valence-corrected chi connectivity index (χ4v) is 4.19. The Kier molecular flexibility index (Phi) is 5.88. The Bertz CT molecular complexity index is 1360. The molecule has 4 rings (SSSR count). The molecular formula is C20H17N7O3S2. The van der Waals surface area contributed by atoms with Crippen molar-refractivity contribution in [3.63, 3.8) is 0 Å². The van der Waals surface area contributed by atoms with Crippen molar-refractivity contribution in [2.75, 3.05) is 5.32 Å². The van der Waals surface area contributed by atoms with Crippen molar-refractivity contribution in [3.8, 4) is 10.6 Å². The first-order chi connectivity index (χ1) is 15.4. The van der Waals surface area contributed by atoms with Gasteiger partial charge in [-0.1, -0.05) is 36.5 Å². The minimum atomic E-state index is -0.527. The quantitative estimate of drug-likeness (QED) is 0.258. The van der Waals surface area contributed by atoms with Crippen LogP contribution in [0, 0.1) is 17.0 Å². The Labute approximate surface area is 191 Å². The van der Waals surface area contributed by atoms with E-state index in [9.17, 15) is 14.9 Å². The van der Waals surface area contributed by atoms with E-state index in [-0.39, 0.29) is 21.9 Å². The molecule has 10 nitrogen and oxygen atoms in total. The molecule has 0 unspecified atom stereocenters. The van der Waals surface area contributed by atoms with Gasteiger partial charge in [-0.3, -0.25) is 20.2 Å². The van der Waals surface area contributed by atoms with Crippen LogP contribution in [-0.4, -0.2) is 35.8 Å². The third-order valence-corrected chi connectivity index (χ3v) is 5.86. The van der Waals surface area contributed by atoms with E-state index in [4.69, 9.17) is 12.2 Å². The third kappa shape index (κ3) is 4.18. The van der Waals surface area contributed by atoms with Gasteiger partial charge in [-0.05, 0) is 37.3 Å². The molecule has 0 spiro atoms. The van der Waals surface area contributed by atoms with Crippen LogP contribution in [0.15, 0.2) is 42.5 Å². The lowest BCUT2D eigenvalue weighted by Gasteiger charge is -2.11. The van der Waals surface area contributed by atoms with Gasteiger partial charge in [0, 0.05) is 34.9 Å². The third-order valence-electron chi connectivity index (χ3n) is 4.71. The van der Waals surface area contributed by atoms with E-state index in [1.54, 1.807) is 10.6 Å². The van der Waals surface area contributed by atoms with Crippen molar-refractivity contribution in [2.24, 2.45) is 0 Å². The number of carbonyl (C=O) groups is 1. The number of rotatable bonds is 5. The number of hydrogen-bond acceptors (Lipinski definition) is 8. The molecule has 1 amide bonds. The van der Waals surface area contributed by atoms with Gasteiger partial charge in [0.05, 0.1) is 4.92 Å². The van der Waals surface area contributed by atoms with Crippen molar-refractivity contribution in [2.45, 2.75) is 20.3 Å². The van der Waals surface area contributed by atoms with Gasteiger partial charge in [-0.25, -0.2) is 0 Å². The van der Waals surface area contributed by atoms with Crippen LogP contribution in [-0.2, 0) is 6.42 Å². The molecule has 4 aromatic rings. The highest BCUT2D eigenvalue weighted by Gasteiger charge is 2.19. The number of hydrogen-bond donors (Lipinski definition) is 2. The molecule has 0 aliphatic carbocycles. The van der Waals surface area contributed by atoms with Gasteiger partial charge in [0.15, 0.2) is 10.9 Å². The number of aryl methyl sites for hydroxylation is 1. The van der Waals surface area contributed by atoms with Gasteiger partial charge >= 0.3 is 0 Å².